The molecule has 1 amide bonds. The van der Waals surface area contributed by atoms with E-state index in [0.717, 1.165) is 32.5 Å². The highest BCUT2D eigenvalue weighted by Gasteiger charge is 2.36. The van der Waals surface area contributed by atoms with Gasteiger partial charge in [0.2, 0.25) is 5.91 Å². The summed E-state index contributed by atoms with van der Waals surface area (Å²) in [7, 11) is 2.15. The molecular weight excluding hydrogens is 506 g/mol. The number of nitrogens with zero attached hydrogens (tertiary/aromatic N) is 2. The lowest BCUT2D eigenvalue weighted by Crippen LogP contribution is -2.47. The third kappa shape index (κ3) is 9.71. The van der Waals surface area contributed by atoms with E-state index in [1.54, 1.807) is 0 Å². The fourth-order valence-corrected chi connectivity index (χ4v) is 6.68. The molecule has 0 unspecified atom stereocenters. The minimum absolute atomic E-state index is 0.0445. The first-order valence-electron chi connectivity index (χ1n) is 17.0. The highest BCUT2D eigenvalue weighted by molar-refractivity contribution is 5.99. The molecule has 2 heterocycles. The molecule has 2 atom stereocenters. The number of fused-ring (bicyclic) bond motifs is 2. The maximum absolute atomic E-state index is 12.9. The SMILES string of the molecule is CCCCCCCCCCCCCCCCO.CCN(CC)C(=O)[C@@H]1C=C2c3cccc4[nH]cc(c34)C[C@H]2N(C)C1. The number of likely N-dealkylation sites (N-methyl/N-ethyl adjacent to an activating group) is 1. The van der Waals surface area contributed by atoms with Gasteiger partial charge in [0.15, 0.2) is 0 Å². The molecule has 0 bridgehead atoms. The number of aromatic amines is 1. The zero-order valence-corrected chi connectivity index (χ0v) is 26.7. The molecule has 0 saturated carbocycles. The zero-order valence-electron chi connectivity index (χ0n) is 26.7. The Kier molecular flexibility index (Phi) is 15.0. The number of aliphatic hydroxyl groups is 1. The Morgan fingerprint density at radius 2 is 1.49 bits per heavy atom. The molecule has 41 heavy (non-hydrogen) atoms. The lowest BCUT2D eigenvalue weighted by molar-refractivity contribution is -0.134. The molecule has 1 aliphatic carbocycles. The number of H-pyrrole nitrogens is 1. The molecule has 1 aromatic carbocycles. The summed E-state index contributed by atoms with van der Waals surface area (Å²) in [6, 6.07) is 6.82. The van der Waals surface area contributed by atoms with Gasteiger partial charge in [0.05, 0.1) is 5.92 Å². The number of carbonyl (C=O) groups excluding carboxylic acids is 1. The summed E-state index contributed by atoms with van der Waals surface area (Å²) in [5.41, 5.74) is 5.21. The smallest absolute Gasteiger partial charge is 0.230 e. The molecule has 0 spiro atoms. The Bertz CT molecular complexity index is 1040. The van der Waals surface area contributed by atoms with Gasteiger partial charge in [-0.25, -0.2) is 0 Å². The van der Waals surface area contributed by atoms with Crippen LogP contribution in [0.4, 0.5) is 0 Å². The van der Waals surface area contributed by atoms with Crippen LogP contribution in [0.25, 0.3) is 16.5 Å². The monoisotopic (exact) mass is 565 g/mol. The first-order valence-corrected chi connectivity index (χ1v) is 17.0. The fourth-order valence-electron chi connectivity index (χ4n) is 6.68. The first kappa shape index (κ1) is 33.4. The van der Waals surface area contributed by atoms with E-state index in [-0.39, 0.29) is 11.8 Å². The summed E-state index contributed by atoms with van der Waals surface area (Å²) >= 11 is 0. The van der Waals surface area contributed by atoms with Gasteiger partial charge in [-0.3, -0.25) is 9.69 Å². The average molecular weight is 566 g/mol. The van der Waals surface area contributed by atoms with Crippen molar-refractivity contribution in [2.24, 2.45) is 5.92 Å². The number of benzene rings is 1. The van der Waals surface area contributed by atoms with E-state index in [9.17, 15) is 4.79 Å². The van der Waals surface area contributed by atoms with E-state index >= 15 is 0 Å². The summed E-state index contributed by atoms with van der Waals surface area (Å²) in [5, 5.41) is 9.98. The minimum Gasteiger partial charge on any atom is -0.396 e. The quantitative estimate of drug-likeness (QED) is 0.189. The Morgan fingerprint density at radius 3 is 2.05 bits per heavy atom. The second kappa shape index (κ2) is 18.4. The molecule has 0 saturated heterocycles. The Hall–Kier alpha value is -2.11. The Labute approximate surface area is 250 Å². The number of hydrogen-bond donors (Lipinski definition) is 2. The van der Waals surface area contributed by atoms with Crippen LogP contribution in [0.3, 0.4) is 0 Å². The molecule has 5 heteroatoms. The molecule has 230 valence electrons. The number of aromatic nitrogens is 1. The summed E-state index contributed by atoms with van der Waals surface area (Å²) in [6.45, 7) is 9.12. The second-order valence-corrected chi connectivity index (χ2v) is 12.3. The van der Waals surface area contributed by atoms with Crippen LogP contribution in [0.2, 0.25) is 0 Å². The predicted octanol–water partition coefficient (Wildman–Crippen LogP) is 8.37. The van der Waals surface area contributed by atoms with Gasteiger partial charge in [0.25, 0.3) is 0 Å². The highest BCUT2D eigenvalue weighted by Crippen LogP contribution is 2.40. The van der Waals surface area contributed by atoms with Crippen LogP contribution in [-0.4, -0.2) is 65.1 Å². The van der Waals surface area contributed by atoms with Crippen molar-refractivity contribution in [1.29, 1.82) is 0 Å². The number of unbranched alkanes of at least 4 members (excludes halogenated alkanes) is 13. The minimum atomic E-state index is -0.0445. The number of nitrogens with one attached hydrogen (secondary N) is 1. The topological polar surface area (TPSA) is 59.6 Å². The van der Waals surface area contributed by atoms with Crippen LogP contribution in [0.15, 0.2) is 30.5 Å². The number of carbonyl (C=O) groups is 1. The van der Waals surface area contributed by atoms with E-state index in [0.29, 0.717) is 12.6 Å². The molecule has 2 aromatic rings. The van der Waals surface area contributed by atoms with Gasteiger partial charge >= 0.3 is 0 Å². The van der Waals surface area contributed by atoms with Gasteiger partial charge < -0.3 is 15.0 Å². The second-order valence-electron chi connectivity index (χ2n) is 12.3. The van der Waals surface area contributed by atoms with E-state index in [4.69, 9.17) is 5.11 Å². The van der Waals surface area contributed by atoms with Gasteiger partial charge in [0, 0.05) is 49.4 Å². The van der Waals surface area contributed by atoms with Gasteiger partial charge in [-0.1, -0.05) is 109 Å². The van der Waals surface area contributed by atoms with Crippen molar-refractivity contribution in [2.45, 2.75) is 123 Å². The molecule has 5 nitrogen and oxygen atoms in total. The third-order valence-electron chi connectivity index (χ3n) is 9.17. The van der Waals surface area contributed by atoms with E-state index in [1.807, 2.05) is 4.90 Å². The molecule has 0 fully saturated rings. The standard InChI is InChI=1S/C20H25N3O.C16H34O/c1-4-23(5-2)20(24)14-9-16-15-7-6-8-17-19(15)13(11-21-17)10-18(16)22(3)12-14;1-2-3-4-5-6-7-8-9-10-11-12-13-14-15-16-17/h6-9,11,14,18,21H,4-5,10,12H2,1-3H3;17H,2-16H2,1H3/t14-,18-;/m1./s1. The average Bonchev–Trinajstić information content (AvgIpc) is 3.41. The summed E-state index contributed by atoms with van der Waals surface area (Å²) in [6.07, 6.45) is 24.6. The van der Waals surface area contributed by atoms with Crippen LogP contribution in [0.5, 0.6) is 0 Å². The lowest BCUT2D eigenvalue weighted by Gasteiger charge is -2.40. The van der Waals surface area contributed by atoms with Crippen LogP contribution < -0.4 is 0 Å². The largest absolute Gasteiger partial charge is 0.396 e. The molecular formula is C36H59N3O2. The van der Waals surface area contributed by atoms with Crippen molar-refractivity contribution in [1.82, 2.24) is 14.8 Å². The van der Waals surface area contributed by atoms with Gasteiger partial charge in [-0.05, 0) is 56.5 Å². The summed E-state index contributed by atoms with van der Waals surface area (Å²) in [4.78, 5) is 20.6. The molecule has 4 rings (SSSR count). The van der Waals surface area contributed by atoms with Crippen molar-refractivity contribution < 1.29 is 9.90 Å². The van der Waals surface area contributed by atoms with Crippen molar-refractivity contribution in [3.63, 3.8) is 0 Å². The molecule has 1 aliphatic heterocycles. The highest BCUT2D eigenvalue weighted by atomic mass is 16.2. The predicted molar refractivity (Wildman–Crippen MR) is 175 cm³/mol. The fraction of sp³-hybridized carbons (Fsp3) is 0.694. The van der Waals surface area contributed by atoms with E-state index in [1.165, 1.54) is 111 Å². The van der Waals surface area contributed by atoms with Crippen LogP contribution in [-0.2, 0) is 11.2 Å². The number of amides is 1. The van der Waals surface area contributed by atoms with Gasteiger partial charge in [-0.2, -0.15) is 0 Å². The maximum Gasteiger partial charge on any atom is 0.230 e. The third-order valence-corrected chi connectivity index (χ3v) is 9.17. The molecule has 2 N–H and O–H groups in total. The molecule has 0 radical (unpaired) electrons. The zero-order chi connectivity index (χ0) is 29.5. The van der Waals surface area contributed by atoms with Crippen LogP contribution >= 0.6 is 0 Å². The van der Waals surface area contributed by atoms with E-state index < -0.39 is 0 Å². The summed E-state index contributed by atoms with van der Waals surface area (Å²) < 4.78 is 0. The first-order chi connectivity index (χ1) is 20.0. The number of hydrogen-bond acceptors (Lipinski definition) is 3. The maximum atomic E-state index is 12.9. The van der Waals surface area contributed by atoms with Crippen LogP contribution in [0.1, 0.15) is 122 Å². The number of aliphatic hydroxyl groups excluding tert-OH is 1. The molecule has 1 aromatic heterocycles. The van der Waals surface area contributed by atoms with Gasteiger partial charge in [-0.15, -0.1) is 0 Å². The normalized spacial score (nSPS) is 18.0. The van der Waals surface area contributed by atoms with Gasteiger partial charge in [0.1, 0.15) is 0 Å². The number of rotatable bonds is 17. The van der Waals surface area contributed by atoms with Crippen molar-refractivity contribution >= 4 is 22.4 Å². The summed E-state index contributed by atoms with van der Waals surface area (Å²) in [5.74, 6) is 0.210. The Balaban J connectivity index is 0.000000242. The van der Waals surface area contributed by atoms with Crippen molar-refractivity contribution in [3.05, 3.63) is 41.6 Å². The van der Waals surface area contributed by atoms with Crippen LogP contribution in [0, 0.1) is 5.92 Å². The van der Waals surface area contributed by atoms with Crippen molar-refractivity contribution in [3.8, 4) is 0 Å². The lowest BCUT2D eigenvalue weighted by atomic mass is 9.79. The molecule has 2 aliphatic rings. The van der Waals surface area contributed by atoms with E-state index in [2.05, 4.69) is 68.2 Å². The Morgan fingerprint density at radius 1 is 0.902 bits per heavy atom. The van der Waals surface area contributed by atoms with Crippen molar-refractivity contribution in [2.75, 3.05) is 33.3 Å².